The van der Waals surface area contributed by atoms with Gasteiger partial charge in [-0.25, -0.2) is 4.52 Å². The molecule has 0 radical (unpaired) electrons. The summed E-state index contributed by atoms with van der Waals surface area (Å²) in [4.78, 5) is 16.3. The van der Waals surface area contributed by atoms with Gasteiger partial charge in [0.2, 0.25) is 11.9 Å². The minimum atomic E-state index is -0.235. The maximum atomic E-state index is 12.0. The fraction of sp³-hybridized carbons (Fsp3) is 0.188. The van der Waals surface area contributed by atoms with Gasteiger partial charge in [0.25, 0.3) is 0 Å². The first kappa shape index (κ1) is 15.1. The van der Waals surface area contributed by atoms with Crippen LogP contribution in [0.1, 0.15) is 11.4 Å². The van der Waals surface area contributed by atoms with Gasteiger partial charge in [-0.2, -0.15) is 15.2 Å². The second kappa shape index (κ2) is 5.86. The van der Waals surface area contributed by atoms with Crippen molar-refractivity contribution < 1.29 is 4.79 Å². The summed E-state index contributed by atoms with van der Waals surface area (Å²) in [5.41, 5.74) is 4.59. The molecular weight excluding hydrogens is 320 g/mol. The van der Waals surface area contributed by atoms with Gasteiger partial charge < -0.3 is 0 Å². The summed E-state index contributed by atoms with van der Waals surface area (Å²) in [5.74, 6) is 0.0243. The van der Waals surface area contributed by atoms with Crippen LogP contribution in [0.5, 0.6) is 0 Å². The molecule has 0 atom stereocenters. The van der Waals surface area contributed by atoms with E-state index in [0.717, 1.165) is 22.5 Å². The van der Waals surface area contributed by atoms with Crippen molar-refractivity contribution in [2.75, 3.05) is 5.32 Å². The third-order valence-corrected chi connectivity index (χ3v) is 3.86. The van der Waals surface area contributed by atoms with Crippen molar-refractivity contribution in [2.24, 2.45) is 0 Å². The van der Waals surface area contributed by atoms with Crippen LogP contribution in [0.15, 0.2) is 36.8 Å². The third kappa shape index (κ3) is 2.87. The Morgan fingerprint density at radius 1 is 1.32 bits per heavy atom. The Morgan fingerprint density at radius 3 is 2.92 bits per heavy atom. The maximum Gasteiger partial charge on any atom is 0.249 e. The Labute approximate surface area is 142 Å². The molecule has 0 saturated heterocycles. The average molecular weight is 336 g/mol. The zero-order chi connectivity index (χ0) is 17.4. The van der Waals surface area contributed by atoms with Crippen LogP contribution < -0.4 is 5.32 Å². The summed E-state index contributed by atoms with van der Waals surface area (Å²) in [5, 5.41) is 18.2. The fourth-order valence-corrected chi connectivity index (χ4v) is 2.77. The lowest BCUT2D eigenvalue weighted by Gasteiger charge is -2.01. The van der Waals surface area contributed by atoms with Crippen LogP contribution in [0.25, 0.3) is 16.8 Å². The van der Waals surface area contributed by atoms with Crippen molar-refractivity contribution in [1.82, 2.24) is 34.6 Å². The molecule has 4 aromatic rings. The summed E-state index contributed by atoms with van der Waals surface area (Å²) < 4.78 is 3.18. The molecule has 0 saturated carbocycles. The highest BCUT2D eigenvalue weighted by Crippen LogP contribution is 2.25. The van der Waals surface area contributed by atoms with E-state index < -0.39 is 0 Å². The highest BCUT2D eigenvalue weighted by atomic mass is 16.2. The first-order valence-corrected chi connectivity index (χ1v) is 7.76. The second-order valence-corrected chi connectivity index (χ2v) is 5.72. The van der Waals surface area contributed by atoms with Crippen LogP contribution in [0.3, 0.4) is 0 Å². The van der Waals surface area contributed by atoms with E-state index in [2.05, 4.69) is 30.7 Å². The summed E-state index contributed by atoms with van der Waals surface area (Å²) in [7, 11) is 0. The lowest BCUT2D eigenvalue weighted by Crippen LogP contribution is -2.19. The van der Waals surface area contributed by atoms with E-state index in [-0.39, 0.29) is 18.4 Å². The number of carbonyl (C=O) groups excluding carboxylic acids is 1. The number of fused-ring (bicyclic) bond motifs is 1. The average Bonchev–Trinajstić information content (AvgIpc) is 3.27. The highest BCUT2D eigenvalue weighted by molar-refractivity contribution is 5.88. The molecule has 4 rings (SSSR count). The van der Waals surface area contributed by atoms with E-state index in [4.69, 9.17) is 0 Å². The van der Waals surface area contributed by atoms with Crippen LogP contribution in [-0.4, -0.2) is 40.5 Å². The van der Waals surface area contributed by atoms with E-state index in [1.54, 1.807) is 23.0 Å². The predicted molar refractivity (Wildman–Crippen MR) is 90.9 cm³/mol. The van der Waals surface area contributed by atoms with E-state index >= 15 is 0 Å². The first-order valence-electron chi connectivity index (χ1n) is 7.76. The van der Waals surface area contributed by atoms with Crippen molar-refractivity contribution in [1.29, 1.82) is 0 Å². The molecule has 0 aromatic carbocycles. The van der Waals surface area contributed by atoms with Crippen LogP contribution in [0, 0.1) is 13.8 Å². The minimum absolute atomic E-state index is 0.112. The van der Waals surface area contributed by atoms with Gasteiger partial charge in [0, 0.05) is 35.4 Å². The number of carbonyl (C=O) groups is 1. The number of rotatable bonds is 4. The number of nitrogens with one attached hydrogen (secondary N) is 2. The highest BCUT2D eigenvalue weighted by Gasteiger charge is 2.12. The largest absolute Gasteiger partial charge is 0.292 e. The van der Waals surface area contributed by atoms with Crippen LogP contribution >= 0.6 is 0 Å². The standard InChI is InChI=1S/C16H16N8O/c1-10-15(11(2)21-20-10)12-4-5-13-18-16(22-24(13)8-12)19-14(25)9-23-7-3-6-17-23/h3-8H,9H2,1-2H3,(H,20,21)(H,19,22,25). The van der Waals surface area contributed by atoms with Crippen LogP contribution in [0.4, 0.5) is 5.95 Å². The summed E-state index contributed by atoms with van der Waals surface area (Å²) >= 11 is 0. The Bertz CT molecular complexity index is 1020. The van der Waals surface area contributed by atoms with E-state index in [9.17, 15) is 4.79 Å². The SMILES string of the molecule is Cc1n[nH]c(C)c1-c1ccc2nc(NC(=O)Cn3cccn3)nn2c1. The van der Waals surface area contributed by atoms with Gasteiger partial charge in [0.1, 0.15) is 6.54 Å². The van der Waals surface area contributed by atoms with Crippen molar-refractivity contribution >= 4 is 17.5 Å². The zero-order valence-corrected chi connectivity index (χ0v) is 13.8. The summed E-state index contributed by atoms with van der Waals surface area (Å²) in [6, 6.07) is 5.58. The van der Waals surface area contributed by atoms with Gasteiger partial charge in [-0.05, 0) is 32.0 Å². The summed E-state index contributed by atoms with van der Waals surface area (Å²) in [6.07, 6.45) is 5.21. The monoisotopic (exact) mass is 336 g/mol. The van der Waals surface area contributed by atoms with E-state index in [0.29, 0.717) is 5.65 Å². The molecule has 0 fully saturated rings. The number of anilines is 1. The van der Waals surface area contributed by atoms with Crippen molar-refractivity contribution in [2.45, 2.75) is 20.4 Å². The van der Waals surface area contributed by atoms with E-state index in [1.807, 2.05) is 32.2 Å². The lowest BCUT2D eigenvalue weighted by molar-refractivity contribution is -0.116. The molecule has 0 aliphatic heterocycles. The predicted octanol–water partition coefficient (Wildman–Crippen LogP) is 1.57. The maximum absolute atomic E-state index is 12.0. The first-order chi connectivity index (χ1) is 12.1. The van der Waals surface area contributed by atoms with Gasteiger partial charge in [-0.15, -0.1) is 5.10 Å². The molecule has 0 aliphatic rings. The normalized spacial score (nSPS) is 11.1. The van der Waals surface area contributed by atoms with Gasteiger partial charge in [0.15, 0.2) is 5.65 Å². The number of hydrogen-bond donors (Lipinski definition) is 2. The van der Waals surface area contributed by atoms with Gasteiger partial charge in [0.05, 0.1) is 5.69 Å². The fourth-order valence-electron chi connectivity index (χ4n) is 2.77. The van der Waals surface area contributed by atoms with Crippen molar-refractivity contribution in [3.8, 4) is 11.1 Å². The molecule has 4 aromatic heterocycles. The van der Waals surface area contributed by atoms with Gasteiger partial charge in [-0.3, -0.25) is 19.9 Å². The van der Waals surface area contributed by atoms with Crippen LogP contribution in [-0.2, 0) is 11.3 Å². The quantitative estimate of drug-likeness (QED) is 0.588. The molecule has 9 nitrogen and oxygen atoms in total. The molecule has 0 aliphatic carbocycles. The number of aryl methyl sites for hydroxylation is 2. The molecule has 1 amide bonds. The number of nitrogens with zero attached hydrogens (tertiary/aromatic N) is 6. The van der Waals surface area contributed by atoms with Gasteiger partial charge in [-0.1, -0.05) is 0 Å². The Kier molecular flexibility index (Phi) is 3.53. The zero-order valence-electron chi connectivity index (χ0n) is 13.8. The number of H-pyrrole nitrogens is 1. The van der Waals surface area contributed by atoms with Crippen LogP contribution in [0.2, 0.25) is 0 Å². The molecular formula is C16H16N8O. The molecule has 25 heavy (non-hydrogen) atoms. The van der Waals surface area contributed by atoms with E-state index in [1.165, 1.54) is 4.68 Å². The molecule has 126 valence electrons. The second-order valence-electron chi connectivity index (χ2n) is 5.72. The molecule has 2 N–H and O–H groups in total. The topological polar surface area (TPSA) is 106 Å². The molecule has 0 bridgehead atoms. The van der Waals surface area contributed by atoms with Gasteiger partial charge >= 0.3 is 0 Å². The molecule has 0 unspecified atom stereocenters. The molecule has 4 heterocycles. The number of hydrogen-bond acceptors (Lipinski definition) is 5. The Morgan fingerprint density at radius 2 is 2.20 bits per heavy atom. The Hall–Kier alpha value is -3.49. The lowest BCUT2D eigenvalue weighted by atomic mass is 10.1. The number of amides is 1. The molecule has 0 spiro atoms. The number of aromatic amines is 1. The minimum Gasteiger partial charge on any atom is -0.292 e. The molecule has 9 heteroatoms. The summed E-state index contributed by atoms with van der Waals surface area (Å²) in [6.45, 7) is 4.04. The number of aromatic nitrogens is 7. The number of pyridine rings is 1. The third-order valence-electron chi connectivity index (χ3n) is 3.86. The van der Waals surface area contributed by atoms with Crippen molar-refractivity contribution in [3.05, 3.63) is 48.2 Å². The smallest absolute Gasteiger partial charge is 0.249 e. The van der Waals surface area contributed by atoms with Crippen molar-refractivity contribution in [3.63, 3.8) is 0 Å². The Balaban J connectivity index is 1.59.